The summed E-state index contributed by atoms with van der Waals surface area (Å²) in [5.74, 6) is -1.28. The predicted octanol–water partition coefficient (Wildman–Crippen LogP) is 7.20. The molecular formula is C34H39FN4O2. The molecule has 4 unspecified atom stereocenters. The fourth-order valence-corrected chi connectivity index (χ4v) is 7.32. The number of rotatable bonds is 6. The summed E-state index contributed by atoms with van der Waals surface area (Å²) in [5, 5.41) is 6.71. The Morgan fingerprint density at radius 2 is 1.66 bits per heavy atom. The van der Waals surface area contributed by atoms with Gasteiger partial charge in [-0.3, -0.25) is 14.6 Å². The van der Waals surface area contributed by atoms with Gasteiger partial charge in [-0.25, -0.2) is 4.39 Å². The highest BCUT2D eigenvalue weighted by Crippen LogP contribution is 2.49. The number of benzene rings is 2. The van der Waals surface area contributed by atoms with Gasteiger partial charge in [-0.15, -0.1) is 0 Å². The van der Waals surface area contributed by atoms with Crippen molar-refractivity contribution >= 4 is 23.2 Å². The van der Waals surface area contributed by atoms with Crippen LogP contribution in [0.5, 0.6) is 0 Å². The molecule has 214 valence electrons. The van der Waals surface area contributed by atoms with Gasteiger partial charge in [0.1, 0.15) is 5.82 Å². The molecule has 0 bridgehead atoms. The number of nitrogens with zero attached hydrogens (tertiary/aromatic N) is 2. The number of nitrogens with one attached hydrogen (secondary N) is 2. The molecule has 2 saturated carbocycles. The number of piperidine rings is 1. The van der Waals surface area contributed by atoms with Crippen LogP contribution in [0, 0.1) is 31.5 Å². The Morgan fingerprint density at radius 1 is 0.902 bits per heavy atom. The maximum Gasteiger partial charge on any atom is 0.257 e. The second kappa shape index (κ2) is 11.6. The third kappa shape index (κ3) is 5.59. The first-order valence-corrected chi connectivity index (χ1v) is 15.1. The second-order valence-electron chi connectivity index (χ2n) is 12.1. The quantitative estimate of drug-likeness (QED) is 0.338. The van der Waals surface area contributed by atoms with Crippen molar-refractivity contribution in [3.63, 3.8) is 0 Å². The molecule has 3 aliphatic rings. The molecule has 2 aromatic carbocycles. The van der Waals surface area contributed by atoms with Crippen LogP contribution < -0.4 is 10.6 Å². The summed E-state index contributed by atoms with van der Waals surface area (Å²) in [7, 11) is 0. The lowest BCUT2D eigenvalue weighted by Gasteiger charge is -2.48. The van der Waals surface area contributed by atoms with Crippen LogP contribution in [0.15, 0.2) is 60.8 Å². The Morgan fingerprint density at radius 3 is 2.37 bits per heavy atom. The number of hydrogen-bond acceptors (Lipinski definition) is 4. The highest BCUT2D eigenvalue weighted by atomic mass is 19.1. The van der Waals surface area contributed by atoms with Gasteiger partial charge in [-0.2, -0.15) is 0 Å². The average molecular weight is 555 g/mol. The van der Waals surface area contributed by atoms with Gasteiger partial charge in [0.25, 0.3) is 5.91 Å². The van der Waals surface area contributed by atoms with Crippen LogP contribution in [0.1, 0.15) is 84.6 Å². The maximum absolute atomic E-state index is 15.2. The number of fused-ring (bicyclic) bond motifs is 1. The largest absolute Gasteiger partial charge is 0.382 e. The van der Waals surface area contributed by atoms with E-state index in [1.54, 1.807) is 25.3 Å². The first-order chi connectivity index (χ1) is 19.9. The smallest absolute Gasteiger partial charge is 0.257 e. The first kappa shape index (κ1) is 27.4. The molecule has 0 radical (unpaired) electrons. The van der Waals surface area contributed by atoms with E-state index in [4.69, 9.17) is 0 Å². The zero-order valence-electron chi connectivity index (χ0n) is 23.9. The van der Waals surface area contributed by atoms with Crippen LogP contribution in [-0.2, 0) is 4.79 Å². The Balaban J connectivity index is 1.39. The maximum atomic E-state index is 15.2. The lowest BCUT2D eigenvalue weighted by atomic mass is 9.76. The van der Waals surface area contributed by atoms with Crippen LogP contribution in [0.3, 0.4) is 0 Å². The van der Waals surface area contributed by atoms with Crippen LogP contribution >= 0.6 is 0 Å². The van der Waals surface area contributed by atoms with Crippen LogP contribution in [0.25, 0.3) is 0 Å². The lowest BCUT2D eigenvalue weighted by molar-refractivity contribution is -0.125. The standard InChI is InChI=1S/C34H39FN4O2/c1-21-7-5-11-29(35)31(21)34(41)39-30-12-6-8-24(30)19-28(33(40)38-27-16-13-22(2)36-20-27)32(39)23-14-17-26(18-15-23)37-25-9-3-4-10-25/h5,7,11,13-18,20,24-25,28,30,32,37H,3-4,6,8-10,12,19H2,1-2H3,(H,38,40). The predicted molar refractivity (Wildman–Crippen MR) is 159 cm³/mol. The molecule has 41 heavy (non-hydrogen) atoms. The summed E-state index contributed by atoms with van der Waals surface area (Å²) in [4.78, 5) is 34.6. The second-order valence-corrected chi connectivity index (χ2v) is 12.1. The van der Waals surface area contributed by atoms with Crippen molar-refractivity contribution < 1.29 is 14.0 Å². The summed E-state index contributed by atoms with van der Waals surface area (Å²) in [6.45, 7) is 3.68. The minimum atomic E-state index is -0.517. The van der Waals surface area contributed by atoms with E-state index in [1.165, 1.54) is 31.7 Å². The number of likely N-dealkylation sites (tertiary alicyclic amines) is 1. The van der Waals surface area contributed by atoms with Crippen LogP contribution in [0.2, 0.25) is 0 Å². The molecule has 3 fully saturated rings. The fraction of sp³-hybridized carbons (Fsp3) is 0.441. The summed E-state index contributed by atoms with van der Waals surface area (Å²) >= 11 is 0. The molecule has 2 N–H and O–H groups in total. The van der Waals surface area contributed by atoms with E-state index < -0.39 is 17.8 Å². The Hall–Kier alpha value is -3.74. The van der Waals surface area contributed by atoms with Gasteiger partial charge in [0.15, 0.2) is 0 Å². The van der Waals surface area contributed by atoms with E-state index in [9.17, 15) is 9.59 Å². The lowest BCUT2D eigenvalue weighted by Crippen LogP contribution is -2.54. The number of hydrogen-bond donors (Lipinski definition) is 2. The molecular weight excluding hydrogens is 515 g/mol. The molecule has 6 nitrogen and oxygen atoms in total. The summed E-state index contributed by atoms with van der Waals surface area (Å²) in [6, 6.07) is 16.6. The highest BCUT2D eigenvalue weighted by Gasteiger charge is 2.50. The number of amides is 2. The zero-order chi connectivity index (χ0) is 28.5. The van der Waals surface area contributed by atoms with Gasteiger partial charge in [0.2, 0.25) is 5.91 Å². The van der Waals surface area contributed by atoms with Crippen molar-refractivity contribution in [2.24, 2.45) is 11.8 Å². The van der Waals surface area contributed by atoms with Gasteiger partial charge < -0.3 is 15.5 Å². The van der Waals surface area contributed by atoms with E-state index in [-0.39, 0.29) is 29.3 Å². The molecule has 7 heteroatoms. The number of anilines is 2. The SMILES string of the molecule is Cc1ccc(NC(=O)C2CC3CCCC3N(C(=O)c3c(C)cccc3F)C2c2ccc(NC3CCCC3)cc2)cn1. The van der Waals surface area contributed by atoms with E-state index >= 15 is 4.39 Å². The fourth-order valence-electron chi connectivity index (χ4n) is 7.32. The third-order valence-electron chi connectivity index (χ3n) is 9.38. The van der Waals surface area contributed by atoms with Gasteiger partial charge in [-0.05, 0) is 93.3 Å². The number of pyridine rings is 1. The molecule has 3 aromatic rings. The summed E-state index contributed by atoms with van der Waals surface area (Å²) in [6.07, 6.45) is 10.0. The monoisotopic (exact) mass is 554 g/mol. The van der Waals surface area contributed by atoms with E-state index in [2.05, 4.69) is 27.8 Å². The number of carbonyl (C=O) groups excluding carboxylic acids is 2. The molecule has 2 heterocycles. The van der Waals surface area contributed by atoms with Crippen molar-refractivity contribution in [3.05, 3.63) is 89.0 Å². The Bertz CT molecular complexity index is 1380. The normalized spacial score (nSPS) is 24.2. The minimum Gasteiger partial charge on any atom is -0.382 e. The number of carbonyl (C=O) groups is 2. The van der Waals surface area contributed by atoms with Crippen molar-refractivity contribution in [3.8, 4) is 0 Å². The summed E-state index contributed by atoms with van der Waals surface area (Å²) in [5.41, 5.74) is 4.16. The van der Waals surface area contributed by atoms with Crippen molar-refractivity contribution in [1.82, 2.24) is 9.88 Å². The van der Waals surface area contributed by atoms with Gasteiger partial charge in [-0.1, -0.05) is 43.5 Å². The highest BCUT2D eigenvalue weighted by molar-refractivity contribution is 5.98. The van der Waals surface area contributed by atoms with Crippen molar-refractivity contribution in [1.29, 1.82) is 0 Å². The molecule has 1 saturated heterocycles. The third-order valence-corrected chi connectivity index (χ3v) is 9.38. The Labute approximate surface area is 241 Å². The molecule has 2 amide bonds. The molecule has 1 aromatic heterocycles. The van der Waals surface area contributed by atoms with Crippen LogP contribution in [0.4, 0.5) is 15.8 Å². The Kier molecular flexibility index (Phi) is 7.78. The van der Waals surface area contributed by atoms with Gasteiger partial charge in [0.05, 0.1) is 29.4 Å². The van der Waals surface area contributed by atoms with Crippen molar-refractivity contribution in [2.75, 3.05) is 10.6 Å². The molecule has 4 atom stereocenters. The van der Waals surface area contributed by atoms with E-state index in [1.807, 2.05) is 36.1 Å². The number of halogens is 1. The van der Waals surface area contributed by atoms with E-state index in [0.29, 0.717) is 23.7 Å². The number of aryl methyl sites for hydroxylation is 2. The van der Waals surface area contributed by atoms with Gasteiger partial charge in [0, 0.05) is 23.5 Å². The molecule has 0 spiro atoms. The van der Waals surface area contributed by atoms with Crippen LogP contribution in [-0.4, -0.2) is 33.8 Å². The average Bonchev–Trinajstić information content (AvgIpc) is 3.66. The zero-order valence-corrected chi connectivity index (χ0v) is 23.9. The first-order valence-electron chi connectivity index (χ1n) is 15.1. The minimum absolute atomic E-state index is 0.0344. The molecule has 2 aliphatic carbocycles. The van der Waals surface area contributed by atoms with E-state index in [0.717, 1.165) is 36.2 Å². The molecule has 1 aliphatic heterocycles. The number of aromatic nitrogens is 1. The van der Waals surface area contributed by atoms with Gasteiger partial charge >= 0.3 is 0 Å². The molecule has 6 rings (SSSR count). The topological polar surface area (TPSA) is 74.3 Å². The summed E-state index contributed by atoms with van der Waals surface area (Å²) < 4.78 is 15.2. The van der Waals surface area contributed by atoms with Crippen molar-refractivity contribution in [2.45, 2.75) is 83.3 Å².